The number of aromatic nitrogens is 2. The SMILES string of the molecule is Cc1nc2ccc(F)cn2c1C(=O)Nc1ccc(I)cc1. The topological polar surface area (TPSA) is 46.4 Å². The van der Waals surface area contributed by atoms with E-state index in [-0.39, 0.29) is 5.91 Å². The van der Waals surface area contributed by atoms with Gasteiger partial charge >= 0.3 is 0 Å². The summed E-state index contributed by atoms with van der Waals surface area (Å²) in [5.74, 6) is -0.727. The fourth-order valence-corrected chi connectivity index (χ4v) is 2.49. The number of carbonyl (C=O) groups is 1. The van der Waals surface area contributed by atoms with Crippen molar-refractivity contribution in [3.63, 3.8) is 0 Å². The van der Waals surface area contributed by atoms with Gasteiger partial charge in [0.05, 0.1) is 5.69 Å². The summed E-state index contributed by atoms with van der Waals surface area (Å²) in [6.45, 7) is 1.73. The fraction of sp³-hybridized carbons (Fsp3) is 0.0667. The van der Waals surface area contributed by atoms with E-state index in [0.29, 0.717) is 22.7 Å². The third-order valence-electron chi connectivity index (χ3n) is 3.07. The Labute approximate surface area is 134 Å². The number of fused-ring (bicyclic) bond motifs is 1. The average molecular weight is 395 g/mol. The van der Waals surface area contributed by atoms with Gasteiger partial charge in [-0.2, -0.15) is 0 Å². The van der Waals surface area contributed by atoms with Crippen LogP contribution in [0.5, 0.6) is 0 Å². The Balaban J connectivity index is 1.99. The molecule has 2 heterocycles. The molecule has 6 heteroatoms. The van der Waals surface area contributed by atoms with Crippen LogP contribution in [0.25, 0.3) is 5.65 Å². The number of carbonyl (C=O) groups excluding carboxylic acids is 1. The lowest BCUT2D eigenvalue weighted by Gasteiger charge is -2.06. The van der Waals surface area contributed by atoms with E-state index in [0.717, 1.165) is 3.57 Å². The highest BCUT2D eigenvalue weighted by atomic mass is 127. The van der Waals surface area contributed by atoms with Crippen LogP contribution in [0.4, 0.5) is 10.1 Å². The Morgan fingerprint density at radius 1 is 1.24 bits per heavy atom. The summed E-state index contributed by atoms with van der Waals surface area (Å²) in [7, 11) is 0. The summed E-state index contributed by atoms with van der Waals surface area (Å²) < 4.78 is 15.9. The molecule has 1 aromatic carbocycles. The van der Waals surface area contributed by atoms with Crippen LogP contribution in [0.1, 0.15) is 16.2 Å². The minimum absolute atomic E-state index is 0.313. The van der Waals surface area contributed by atoms with E-state index in [9.17, 15) is 9.18 Å². The Hall–Kier alpha value is -1.96. The van der Waals surface area contributed by atoms with Crippen LogP contribution in [0.2, 0.25) is 0 Å². The maximum atomic E-state index is 13.4. The third kappa shape index (κ3) is 2.76. The molecule has 3 rings (SSSR count). The van der Waals surface area contributed by atoms with Crippen molar-refractivity contribution in [3.05, 3.63) is 63.4 Å². The number of hydrogen-bond donors (Lipinski definition) is 1. The minimum atomic E-state index is -0.414. The maximum Gasteiger partial charge on any atom is 0.274 e. The molecule has 0 atom stereocenters. The number of nitrogens with zero attached hydrogens (tertiary/aromatic N) is 2. The lowest BCUT2D eigenvalue weighted by molar-refractivity contribution is 0.102. The highest BCUT2D eigenvalue weighted by Gasteiger charge is 2.17. The first-order valence-electron chi connectivity index (χ1n) is 6.26. The summed E-state index contributed by atoms with van der Waals surface area (Å²) in [6.07, 6.45) is 1.26. The second kappa shape index (κ2) is 5.44. The Morgan fingerprint density at radius 3 is 2.67 bits per heavy atom. The third-order valence-corrected chi connectivity index (χ3v) is 3.79. The molecule has 0 saturated heterocycles. The fourth-order valence-electron chi connectivity index (χ4n) is 2.13. The molecule has 0 unspecified atom stereocenters. The van der Waals surface area contributed by atoms with Gasteiger partial charge in [0.2, 0.25) is 0 Å². The molecule has 21 heavy (non-hydrogen) atoms. The molecule has 4 nitrogen and oxygen atoms in total. The number of aryl methyl sites for hydroxylation is 1. The average Bonchev–Trinajstić information content (AvgIpc) is 2.76. The first kappa shape index (κ1) is 14.0. The van der Waals surface area contributed by atoms with Crippen molar-refractivity contribution in [1.29, 1.82) is 0 Å². The highest BCUT2D eigenvalue weighted by Crippen LogP contribution is 2.16. The first-order chi connectivity index (χ1) is 10.0. The number of amides is 1. The molecule has 3 aromatic rings. The molecule has 0 spiro atoms. The lowest BCUT2D eigenvalue weighted by atomic mass is 10.3. The smallest absolute Gasteiger partial charge is 0.274 e. The zero-order valence-electron chi connectivity index (χ0n) is 11.1. The number of benzene rings is 1. The van der Waals surface area contributed by atoms with E-state index >= 15 is 0 Å². The van der Waals surface area contributed by atoms with Gasteiger partial charge in [-0.05, 0) is 65.9 Å². The van der Waals surface area contributed by atoms with Gasteiger partial charge in [-0.25, -0.2) is 9.37 Å². The minimum Gasteiger partial charge on any atom is -0.321 e. The van der Waals surface area contributed by atoms with Crippen LogP contribution in [-0.2, 0) is 0 Å². The number of hydrogen-bond acceptors (Lipinski definition) is 2. The van der Waals surface area contributed by atoms with Crippen molar-refractivity contribution in [2.45, 2.75) is 6.92 Å². The monoisotopic (exact) mass is 395 g/mol. The molecule has 0 radical (unpaired) electrons. The van der Waals surface area contributed by atoms with Crippen molar-refractivity contribution in [1.82, 2.24) is 9.38 Å². The number of nitrogens with one attached hydrogen (secondary N) is 1. The summed E-state index contributed by atoms with van der Waals surface area (Å²) >= 11 is 2.19. The van der Waals surface area contributed by atoms with Crippen LogP contribution in [0, 0.1) is 16.3 Å². The quantitative estimate of drug-likeness (QED) is 0.674. The molecule has 0 aliphatic carbocycles. The van der Waals surface area contributed by atoms with E-state index in [4.69, 9.17) is 0 Å². The van der Waals surface area contributed by atoms with E-state index in [1.165, 1.54) is 16.7 Å². The van der Waals surface area contributed by atoms with Gasteiger partial charge in [-0.3, -0.25) is 9.20 Å². The van der Waals surface area contributed by atoms with Crippen LogP contribution < -0.4 is 5.32 Å². The van der Waals surface area contributed by atoms with Gasteiger partial charge in [0.25, 0.3) is 5.91 Å². The van der Waals surface area contributed by atoms with Crippen LogP contribution in [0.3, 0.4) is 0 Å². The normalized spacial score (nSPS) is 10.8. The standard InChI is InChI=1S/C15H11FIN3O/c1-9-14(20-8-10(16)2-7-13(20)18-9)15(21)19-12-5-3-11(17)4-6-12/h2-8H,1H3,(H,19,21). The zero-order chi connectivity index (χ0) is 15.0. The molecular formula is C15H11FIN3O. The Bertz CT molecular complexity index is 827. The second-order valence-electron chi connectivity index (χ2n) is 4.58. The molecule has 0 aliphatic rings. The molecule has 2 aromatic heterocycles. The molecule has 1 N–H and O–H groups in total. The van der Waals surface area contributed by atoms with E-state index in [2.05, 4.69) is 32.9 Å². The molecule has 0 saturated carbocycles. The van der Waals surface area contributed by atoms with Crippen molar-refractivity contribution in [2.24, 2.45) is 0 Å². The summed E-state index contributed by atoms with van der Waals surface area (Å²) in [6, 6.07) is 10.3. The summed E-state index contributed by atoms with van der Waals surface area (Å²) in [4.78, 5) is 16.7. The predicted molar refractivity (Wildman–Crippen MR) is 87.0 cm³/mol. The summed E-state index contributed by atoms with van der Waals surface area (Å²) in [5, 5.41) is 2.80. The largest absolute Gasteiger partial charge is 0.321 e. The molecule has 0 aliphatic heterocycles. The zero-order valence-corrected chi connectivity index (χ0v) is 13.3. The van der Waals surface area contributed by atoms with Gasteiger partial charge in [0, 0.05) is 15.5 Å². The van der Waals surface area contributed by atoms with E-state index in [1.54, 1.807) is 13.0 Å². The van der Waals surface area contributed by atoms with Crippen molar-refractivity contribution >= 4 is 39.8 Å². The number of pyridine rings is 1. The van der Waals surface area contributed by atoms with Gasteiger partial charge in [-0.1, -0.05) is 0 Å². The van der Waals surface area contributed by atoms with Crippen molar-refractivity contribution in [2.75, 3.05) is 5.32 Å². The number of rotatable bonds is 2. The first-order valence-corrected chi connectivity index (χ1v) is 7.33. The molecular weight excluding hydrogens is 384 g/mol. The van der Waals surface area contributed by atoms with Gasteiger partial charge in [0.15, 0.2) is 0 Å². The Morgan fingerprint density at radius 2 is 1.95 bits per heavy atom. The van der Waals surface area contributed by atoms with Crippen molar-refractivity contribution in [3.8, 4) is 0 Å². The predicted octanol–water partition coefficient (Wildman–Crippen LogP) is 3.64. The van der Waals surface area contributed by atoms with E-state index < -0.39 is 5.82 Å². The number of halogens is 2. The number of anilines is 1. The number of imidazole rings is 1. The van der Waals surface area contributed by atoms with Crippen LogP contribution in [0.15, 0.2) is 42.6 Å². The Kier molecular flexibility index (Phi) is 3.62. The maximum absolute atomic E-state index is 13.4. The van der Waals surface area contributed by atoms with Gasteiger partial charge < -0.3 is 5.32 Å². The van der Waals surface area contributed by atoms with Crippen molar-refractivity contribution < 1.29 is 9.18 Å². The molecule has 0 bridgehead atoms. The van der Waals surface area contributed by atoms with Gasteiger partial charge in [-0.15, -0.1) is 0 Å². The second-order valence-corrected chi connectivity index (χ2v) is 5.83. The van der Waals surface area contributed by atoms with E-state index in [1.807, 2.05) is 24.3 Å². The van der Waals surface area contributed by atoms with Gasteiger partial charge in [0.1, 0.15) is 17.2 Å². The molecule has 106 valence electrons. The molecule has 0 fully saturated rings. The summed E-state index contributed by atoms with van der Waals surface area (Å²) in [5.41, 5.74) is 2.12. The molecule has 1 amide bonds. The van der Waals surface area contributed by atoms with Crippen LogP contribution in [-0.4, -0.2) is 15.3 Å². The highest BCUT2D eigenvalue weighted by molar-refractivity contribution is 14.1. The lowest BCUT2D eigenvalue weighted by Crippen LogP contribution is -2.15. The van der Waals surface area contributed by atoms with Crippen LogP contribution >= 0.6 is 22.6 Å².